The fraction of sp³-hybridized carbons (Fsp3) is 0.125. The average molecular weight is 147 g/mol. The van der Waals surface area contributed by atoms with Crippen LogP contribution >= 0.6 is 0 Å². The summed E-state index contributed by atoms with van der Waals surface area (Å²) in [4.78, 5) is 2.81. The molecule has 0 fully saturated rings. The Hall–Kier alpha value is -1.53. The summed E-state index contributed by atoms with van der Waals surface area (Å²) in [5.74, 6) is 0. The minimum Gasteiger partial charge on any atom is -0.366 e. The first kappa shape index (κ1) is 7.58. The summed E-state index contributed by atoms with van der Waals surface area (Å²) in [6, 6.07) is 1.78. The van der Waals surface area contributed by atoms with E-state index in [0.717, 1.165) is 5.56 Å². The average Bonchev–Trinajstić information content (AvgIpc) is 2.50. The second-order valence-electron chi connectivity index (χ2n) is 2.20. The van der Waals surface area contributed by atoms with Crippen LogP contribution in [0.5, 0.6) is 0 Å². The molecule has 0 amide bonds. The van der Waals surface area contributed by atoms with Crippen LogP contribution in [0.25, 0.3) is 0 Å². The molecule has 0 aliphatic heterocycles. The van der Waals surface area contributed by atoms with Gasteiger partial charge in [0, 0.05) is 18.0 Å². The Morgan fingerprint density at radius 1 is 1.73 bits per heavy atom. The zero-order chi connectivity index (χ0) is 8.27. The van der Waals surface area contributed by atoms with E-state index in [2.05, 4.69) is 11.6 Å². The second-order valence-corrected chi connectivity index (χ2v) is 2.20. The van der Waals surface area contributed by atoms with E-state index in [4.69, 9.17) is 11.0 Å². The number of hydrogen-bond acceptors (Lipinski definition) is 2. The van der Waals surface area contributed by atoms with Gasteiger partial charge in [-0.25, -0.2) is 0 Å². The van der Waals surface area contributed by atoms with E-state index in [9.17, 15) is 0 Å². The number of rotatable bonds is 2. The molecule has 1 aromatic rings. The summed E-state index contributed by atoms with van der Waals surface area (Å²) in [7, 11) is 0. The van der Waals surface area contributed by atoms with E-state index < -0.39 is 0 Å². The fourth-order valence-corrected chi connectivity index (χ4v) is 0.875. The fourth-order valence-electron chi connectivity index (χ4n) is 0.875. The number of aromatic amines is 1. The van der Waals surface area contributed by atoms with Crippen molar-refractivity contribution in [3.8, 4) is 6.07 Å². The molecule has 1 aromatic heterocycles. The maximum absolute atomic E-state index is 8.59. The normalized spacial score (nSPS) is 12.0. The van der Waals surface area contributed by atoms with E-state index in [0.29, 0.717) is 5.56 Å². The summed E-state index contributed by atoms with van der Waals surface area (Å²) < 4.78 is 0. The molecule has 3 nitrogen and oxygen atoms in total. The van der Waals surface area contributed by atoms with Crippen molar-refractivity contribution in [2.45, 2.75) is 6.04 Å². The monoisotopic (exact) mass is 147 g/mol. The van der Waals surface area contributed by atoms with Gasteiger partial charge in [-0.2, -0.15) is 5.26 Å². The highest BCUT2D eigenvalue weighted by Crippen LogP contribution is 2.14. The van der Waals surface area contributed by atoms with Crippen molar-refractivity contribution < 1.29 is 0 Å². The van der Waals surface area contributed by atoms with Crippen LogP contribution in [0.1, 0.15) is 17.2 Å². The first-order valence-electron chi connectivity index (χ1n) is 3.24. The van der Waals surface area contributed by atoms with Crippen molar-refractivity contribution in [1.29, 1.82) is 5.26 Å². The lowest BCUT2D eigenvalue weighted by Crippen LogP contribution is -2.06. The van der Waals surface area contributed by atoms with Crippen LogP contribution in [0.4, 0.5) is 0 Å². The molecule has 0 aliphatic carbocycles. The third kappa shape index (κ3) is 1.31. The van der Waals surface area contributed by atoms with Gasteiger partial charge in [0.05, 0.1) is 11.6 Å². The number of nitriles is 1. The molecule has 3 heteroatoms. The van der Waals surface area contributed by atoms with Gasteiger partial charge >= 0.3 is 0 Å². The number of hydrogen-bond donors (Lipinski definition) is 2. The number of H-pyrrole nitrogens is 1. The smallest absolute Gasteiger partial charge is 0.101 e. The standard InChI is InChI=1S/C8H9N3/c1-2-8(10)7-5-11-4-6(7)3-9/h2,4-5,8,11H,1,10H2. The van der Waals surface area contributed by atoms with E-state index in [1.54, 1.807) is 18.5 Å². The van der Waals surface area contributed by atoms with Crippen LogP contribution in [0.15, 0.2) is 25.0 Å². The summed E-state index contributed by atoms with van der Waals surface area (Å²) in [5.41, 5.74) is 7.00. The zero-order valence-electron chi connectivity index (χ0n) is 6.04. The van der Waals surface area contributed by atoms with Crippen LogP contribution in [0.2, 0.25) is 0 Å². The van der Waals surface area contributed by atoms with Gasteiger partial charge < -0.3 is 10.7 Å². The van der Waals surface area contributed by atoms with Crippen LogP contribution in [-0.4, -0.2) is 4.98 Å². The SMILES string of the molecule is C=CC(N)c1c[nH]cc1C#N. The molecule has 56 valence electrons. The van der Waals surface area contributed by atoms with Gasteiger partial charge in [-0.05, 0) is 0 Å². The summed E-state index contributed by atoms with van der Waals surface area (Å²) in [5, 5.41) is 8.59. The van der Waals surface area contributed by atoms with Gasteiger partial charge in [-0.15, -0.1) is 6.58 Å². The van der Waals surface area contributed by atoms with E-state index in [-0.39, 0.29) is 6.04 Å². The summed E-state index contributed by atoms with van der Waals surface area (Å²) in [6.07, 6.45) is 4.94. The minimum atomic E-state index is -0.254. The van der Waals surface area contributed by atoms with Crippen molar-refractivity contribution in [2.24, 2.45) is 5.73 Å². The van der Waals surface area contributed by atoms with Crippen molar-refractivity contribution in [3.63, 3.8) is 0 Å². The topological polar surface area (TPSA) is 65.6 Å². The zero-order valence-corrected chi connectivity index (χ0v) is 6.04. The maximum atomic E-state index is 8.59. The largest absolute Gasteiger partial charge is 0.366 e. The number of nitrogens with two attached hydrogens (primary N) is 1. The third-order valence-electron chi connectivity index (χ3n) is 1.51. The van der Waals surface area contributed by atoms with Gasteiger partial charge in [0.1, 0.15) is 6.07 Å². The molecule has 11 heavy (non-hydrogen) atoms. The minimum absolute atomic E-state index is 0.254. The highest BCUT2D eigenvalue weighted by atomic mass is 14.7. The lowest BCUT2D eigenvalue weighted by Gasteiger charge is -2.01. The molecule has 0 saturated carbocycles. The van der Waals surface area contributed by atoms with Gasteiger partial charge in [-0.3, -0.25) is 0 Å². The molecule has 0 spiro atoms. The van der Waals surface area contributed by atoms with Crippen molar-refractivity contribution in [3.05, 3.63) is 36.2 Å². The first-order valence-corrected chi connectivity index (χ1v) is 3.24. The Morgan fingerprint density at radius 2 is 2.45 bits per heavy atom. The predicted molar refractivity (Wildman–Crippen MR) is 42.6 cm³/mol. The van der Waals surface area contributed by atoms with Crippen LogP contribution in [-0.2, 0) is 0 Å². The molecule has 0 saturated heterocycles. The van der Waals surface area contributed by atoms with Gasteiger partial charge in [0.25, 0.3) is 0 Å². The van der Waals surface area contributed by atoms with Crippen molar-refractivity contribution >= 4 is 0 Å². The third-order valence-corrected chi connectivity index (χ3v) is 1.51. The Balaban J connectivity index is 3.04. The molecular formula is C8H9N3. The van der Waals surface area contributed by atoms with Gasteiger partial charge in [0.15, 0.2) is 0 Å². The number of aromatic nitrogens is 1. The maximum Gasteiger partial charge on any atom is 0.101 e. The van der Waals surface area contributed by atoms with E-state index in [1.807, 2.05) is 6.07 Å². The van der Waals surface area contributed by atoms with Gasteiger partial charge in [0.2, 0.25) is 0 Å². The van der Waals surface area contributed by atoms with Crippen LogP contribution in [0.3, 0.4) is 0 Å². The van der Waals surface area contributed by atoms with Crippen LogP contribution < -0.4 is 5.73 Å². The Bertz CT molecular complexity index is 293. The Labute approximate surface area is 65.1 Å². The molecule has 1 atom stereocenters. The molecule has 1 heterocycles. The molecule has 0 aliphatic rings. The molecule has 1 unspecified atom stereocenters. The summed E-state index contributed by atoms with van der Waals surface area (Å²) >= 11 is 0. The second kappa shape index (κ2) is 3.04. The Kier molecular flexibility index (Phi) is 2.09. The van der Waals surface area contributed by atoms with Crippen molar-refractivity contribution in [2.75, 3.05) is 0 Å². The highest BCUT2D eigenvalue weighted by Gasteiger charge is 2.07. The lowest BCUT2D eigenvalue weighted by atomic mass is 10.1. The summed E-state index contributed by atoms with van der Waals surface area (Å²) in [6.45, 7) is 3.54. The van der Waals surface area contributed by atoms with Gasteiger partial charge in [-0.1, -0.05) is 6.08 Å². The first-order chi connectivity index (χ1) is 5.29. The molecule has 1 rings (SSSR count). The molecule has 0 aromatic carbocycles. The molecule has 3 N–H and O–H groups in total. The lowest BCUT2D eigenvalue weighted by molar-refractivity contribution is 0.913. The molecular weight excluding hydrogens is 138 g/mol. The number of nitrogens with zero attached hydrogens (tertiary/aromatic N) is 1. The quantitative estimate of drug-likeness (QED) is 0.614. The number of nitrogens with one attached hydrogen (secondary N) is 1. The predicted octanol–water partition coefficient (Wildman–Crippen LogP) is 1.07. The highest BCUT2D eigenvalue weighted by molar-refractivity contribution is 5.38. The van der Waals surface area contributed by atoms with E-state index in [1.165, 1.54) is 0 Å². The Morgan fingerprint density at radius 3 is 3.00 bits per heavy atom. The van der Waals surface area contributed by atoms with Crippen molar-refractivity contribution in [1.82, 2.24) is 4.98 Å². The molecule has 0 radical (unpaired) electrons. The van der Waals surface area contributed by atoms with E-state index >= 15 is 0 Å². The molecule has 0 bridgehead atoms. The van der Waals surface area contributed by atoms with Crippen LogP contribution in [0, 0.1) is 11.3 Å².